The van der Waals surface area contributed by atoms with E-state index in [9.17, 15) is 19.2 Å². The van der Waals surface area contributed by atoms with Gasteiger partial charge in [-0.15, -0.1) is 0 Å². The fourth-order valence-electron chi connectivity index (χ4n) is 8.10. The molecular formula is C46H42N4O8+2. The number of esters is 4. The molecule has 0 saturated heterocycles. The maximum absolute atomic E-state index is 12.4. The summed E-state index contributed by atoms with van der Waals surface area (Å²) in [4.78, 5) is 58.3. The summed E-state index contributed by atoms with van der Waals surface area (Å²) in [7, 11) is 5.21. The highest BCUT2D eigenvalue weighted by atomic mass is 16.5. The maximum atomic E-state index is 12.4. The predicted octanol–water partition coefficient (Wildman–Crippen LogP) is 5.74. The molecule has 292 valence electrons. The summed E-state index contributed by atoms with van der Waals surface area (Å²) in [6.07, 6.45) is 15.4. The molecule has 0 aliphatic heterocycles. The van der Waals surface area contributed by atoms with Crippen LogP contribution in [-0.4, -0.2) is 62.3 Å². The normalized spacial score (nSPS) is 17.0. The van der Waals surface area contributed by atoms with E-state index in [0.717, 1.165) is 22.3 Å². The summed E-state index contributed by atoms with van der Waals surface area (Å²) in [5.41, 5.74) is 7.24. The van der Waals surface area contributed by atoms with Crippen molar-refractivity contribution in [1.29, 1.82) is 0 Å². The van der Waals surface area contributed by atoms with Crippen molar-refractivity contribution in [3.63, 3.8) is 0 Å². The van der Waals surface area contributed by atoms with Crippen LogP contribution >= 0.6 is 0 Å². The van der Waals surface area contributed by atoms with E-state index in [2.05, 4.69) is 58.5 Å². The molecule has 2 aromatic carbocycles. The van der Waals surface area contributed by atoms with Gasteiger partial charge in [-0.05, 0) is 107 Å². The fraction of sp³-hybridized carbons (Fsp3) is 0.217. The third-order valence-corrected chi connectivity index (χ3v) is 10.7. The van der Waals surface area contributed by atoms with Crippen molar-refractivity contribution in [3.05, 3.63) is 190 Å². The first kappa shape index (κ1) is 39.2. The third-order valence-electron chi connectivity index (χ3n) is 10.7. The van der Waals surface area contributed by atoms with Gasteiger partial charge in [0.2, 0.25) is 0 Å². The number of ether oxygens (including phenoxy) is 4. The molecule has 0 spiro atoms. The minimum absolute atomic E-state index is 0.100. The second-order valence-corrected chi connectivity index (χ2v) is 14.1. The number of methoxy groups -OCH3 is 4. The van der Waals surface area contributed by atoms with E-state index >= 15 is 0 Å². The Morgan fingerprint density at radius 1 is 0.431 bits per heavy atom. The molecule has 1 fully saturated rings. The third kappa shape index (κ3) is 8.22. The molecular weight excluding hydrogens is 737 g/mol. The standard InChI is InChI=1S/C46H42N4O8/c1-55-43(51)35-21-29(22-36(25-35)44(52)56-2)27-49-17-9-33(10-18-49)41-39(31-5-13-47-14-6-31)42(40(41)32-7-15-48-16-8-32)34-11-19-50(20-12-34)28-30-23-37(45(53)57-3)26-38(24-30)46(54)58-4/h5-26,39-42H,27-28H2,1-4H3/q+2. The van der Waals surface area contributed by atoms with E-state index in [1.165, 1.54) is 51.7 Å². The number of nitrogens with zero attached hydrogens (tertiary/aromatic N) is 4. The van der Waals surface area contributed by atoms with E-state index in [-0.39, 0.29) is 45.9 Å². The van der Waals surface area contributed by atoms with Crippen molar-refractivity contribution in [1.82, 2.24) is 9.97 Å². The molecule has 1 aliphatic rings. The van der Waals surface area contributed by atoms with Gasteiger partial charge in [0, 0.05) is 60.2 Å². The second-order valence-electron chi connectivity index (χ2n) is 14.1. The number of aromatic nitrogens is 4. The van der Waals surface area contributed by atoms with Gasteiger partial charge < -0.3 is 18.9 Å². The number of carbonyl (C=O) groups is 4. The van der Waals surface area contributed by atoms with E-state index in [4.69, 9.17) is 18.9 Å². The van der Waals surface area contributed by atoms with Crippen LogP contribution in [0.15, 0.2) is 135 Å². The zero-order valence-corrected chi connectivity index (χ0v) is 32.5. The van der Waals surface area contributed by atoms with Gasteiger partial charge in [0.15, 0.2) is 37.9 Å². The van der Waals surface area contributed by atoms with Crippen molar-refractivity contribution in [2.45, 2.75) is 36.8 Å². The van der Waals surface area contributed by atoms with Crippen LogP contribution in [-0.2, 0) is 32.0 Å². The lowest BCUT2D eigenvalue weighted by Crippen LogP contribution is -2.41. The molecule has 0 unspecified atom stereocenters. The lowest BCUT2D eigenvalue weighted by atomic mass is 9.49. The predicted molar refractivity (Wildman–Crippen MR) is 209 cm³/mol. The first-order chi connectivity index (χ1) is 28.2. The molecule has 0 bridgehead atoms. The van der Waals surface area contributed by atoms with Gasteiger partial charge in [-0.25, -0.2) is 28.3 Å². The molecule has 0 atom stereocenters. The van der Waals surface area contributed by atoms with Gasteiger partial charge in [0.1, 0.15) is 0 Å². The Kier molecular flexibility index (Phi) is 11.7. The highest BCUT2D eigenvalue weighted by Gasteiger charge is 2.53. The molecule has 0 amide bonds. The van der Waals surface area contributed by atoms with E-state index in [1.54, 1.807) is 24.3 Å². The van der Waals surface area contributed by atoms with Gasteiger partial charge in [0.25, 0.3) is 0 Å². The van der Waals surface area contributed by atoms with Crippen molar-refractivity contribution in [2.24, 2.45) is 0 Å². The zero-order valence-electron chi connectivity index (χ0n) is 32.5. The quantitative estimate of drug-likeness (QED) is 0.0859. The SMILES string of the molecule is COC(=O)c1cc(C[n+]2ccc(C3C(c4ccncc4)C(c4cc[n+](Cc5cc(C(=O)OC)cc(C(=O)OC)c5)cc4)C3c3ccncc3)cc2)cc(C(=O)OC)c1. The zero-order chi connectivity index (χ0) is 40.8. The number of pyridine rings is 4. The van der Waals surface area contributed by atoms with Crippen LogP contribution in [0.25, 0.3) is 0 Å². The summed E-state index contributed by atoms with van der Waals surface area (Å²) in [6.45, 7) is 0.815. The molecule has 1 aliphatic carbocycles. The highest BCUT2D eigenvalue weighted by Crippen LogP contribution is 2.66. The molecule has 0 radical (unpaired) electrons. The second kappa shape index (κ2) is 17.4. The van der Waals surface area contributed by atoms with Crippen LogP contribution in [0.4, 0.5) is 0 Å². The molecule has 1 saturated carbocycles. The molecule has 4 heterocycles. The Bertz CT molecular complexity index is 2190. The van der Waals surface area contributed by atoms with E-state index in [0.29, 0.717) is 13.1 Å². The Morgan fingerprint density at radius 2 is 0.690 bits per heavy atom. The molecule has 58 heavy (non-hydrogen) atoms. The minimum Gasteiger partial charge on any atom is -0.465 e. The van der Waals surface area contributed by atoms with Gasteiger partial charge in [-0.1, -0.05) is 0 Å². The van der Waals surface area contributed by atoms with E-state index in [1.807, 2.05) is 58.7 Å². The number of hydrogen-bond donors (Lipinski definition) is 0. The molecule has 12 heteroatoms. The van der Waals surface area contributed by atoms with Crippen LogP contribution in [0.3, 0.4) is 0 Å². The topological polar surface area (TPSA) is 139 Å². The van der Waals surface area contributed by atoms with Crippen LogP contribution in [0, 0.1) is 0 Å². The smallest absolute Gasteiger partial charge is 0.337 e. The fourth-order valence-corrected chi connectivity index (χ4v) is 8.10. The van der Waals surface area contributed by atoms with Crippen molar-refractivity contribution in [3.8, 4) is 0 Å². The average Bonchev–Trinajstić information content (AvgIpc) is 3.26. The largest absolute Gasteiger partial charge is 0.465 e. The molecule has 0 N–H and O–H groups in total. The number of carbonyl (C=O) groups excluding carboxylic acids is 4. The lowest BCUT2D eigenvalue weighted by Gasteiger charge is -2.53. The lowest BCUT2D eigenvalue weighted by molar-refractivity contribution is -0.688. The van der Waals surface area contributed by atoms with Crippen LogP contribution in [0.2, 0.25) is 0 Å². The van der Waals surface area contributed by atoms with Gasteiger partial charge >= 0.3 is 23.9 Å². The van der Waals surface area contributed by atoms with Crippen LogP contribution in [0.5, 0.6) is 0 Å². The van der Waals surface area contributed by atoms with Crippen molar-refractivity contribution in [2.75, 3.05) is 28.4 Å². The Hall–Kier alpha value is -7.08. The first-order valence-corrected chi connectivity index (χ1v) is 18.6. The van der Waals surface area contributed by atoms with Crippen LogP contribution < -0.4 is 9.13 Å². The molecule has 12 nitrogen and oxygen atoms in total. The molecule has 6 aromatic rings. The first-order valence-electron chi connectivity index (χ1n) is 18.6. The number of hydrogen-bond acceptors (Lipinski definition) is 10. The monoisotopic (exact) mass is 778 g/mol. The van der Waals surface area contributed by atoms with E-state index < -0.39 is 23.9 Å². The van der Waals surface area contributed by atoms with Gasteiger partial charge in [0.05, 0.1) is 50.7 Å². The Balaban J connectivity index is 1.21. The van der Waals surface area contributed by atoms with Crippen LogP contribution in [0.1, 0.15) is 98.5 Å². The minimum atomic E-state index is -0.538. The summed E-state index contributed by atoms with van der Waals surface area (Å²) >= 11 is 0. The average molecular weight is 779 g/mol. The summed E-state index contributed by atoms with van der Waals surface area (Å²) < 4.78 is 23.7. The molecule has 7 rings (SSSR count). The summed E-state index contributed by atoms with van der Waals surface area (Å²) in [5, 5.41) is 0. The Morgan fingerprint density at radius 3 is 0.948 bits per heavy atom. The maximum Gasteiger partial charge on any atom is 0.337 e. The van der Waals surface area contributed by atoms with Gasteiger partial charge in [-0.2, -0.15) is 0 Å². The molecule has 4 aromatic heterocycles. The van der Waals surface area contributed by atoms with Crippen molar-refractivity contribution < 1.29 is 47.3 Å². The van der Waals surface area contributed by atoms with Crippen molar-refractivity contribution >= 4 is 23.9 Å². The summed E-state index contributed by atoms with van der Waals surface area (Å²) in [5.74, 6) is -1.74. The number of rotatable bonds is 12. The highest BCUT2D eigenvalue weighted by molar-refractivity contribution is 5.96. The Labute approximate surface area is 335 Å². The summed E-state index contributed by atoms with van der Waals surface area (Å²) in [6, 6.07) is 26.7. The number of benzene rings is 2. The van der Waals surface area contributed by atoms with Gasteiger partial charge in [-0.3, -0.25) is 9.97 Å².